The van der Waals surface area contributed by atoms with Gasteiger partial charge in [0.15, 0.2) is 5.65 Å². The Labute approximate surface area is 146 Å². The molecule has 5 aromatic rings. The molecule has 0 amide bonds. The van der Waals surface area contributed by atoms with Gasteiger partial charge in [-0.25, -0.2) is 9.50 Å². The van der Waals surface area contributed by atoms with Gasteiger partial charge in [-0.15, -0.1) is 0 Å². The molecule has 8 heteroatoms. The van der Waals surface area contributed by atoms with Gasteiger partial charge in [-0.2, -0.15) is 15.4 Å². The predicted octanol–water partition coefficient (Wildman–Crippen LogP) is 2.33. The van der Waals surface area contributed by atoms with E-state index in [0.29, 0.717) is 11.3 Å². The van der Waals surface area contributed by atoms with E-state index < -0.39 is 0 Å². The van der Waals surface area contributed by atoms with Gasteiger partial charge in [0.2, 0.25) is 0 Å². The molecule has 0 aliphatic rings. The number of benzene rings is 1. The van der Waals surface area contributed by atoms with Crippen LogP contribution in [0.5, 0.6) is 0 Å². The van der Waals surface area contributed by atoms with Crippen LogP contribution in [-0.2, 0) is 0 Å². The van der Waals surface area contributed by atoms with E-state index in [2.05, 4.69) is 25.5 Å². The number of fused-ring (bicyclic) bond motifs is 2. The first-order valence-corrected chi connectivity index (χ1v) is 8.05. The smallest absolute Gasteiger partial charge is 0.273 e. The lowest BCUT2D eigenvalue weighted by Crippen LogP contribution is -2.14. The first kappa shape index (κ1) is 14.5. The summed E-state index contributed by atoms with van der Waals surface area (Å²) in [5.41, 5.74) is 5.78. The Bertz CT molecular complexity index is 1310. The molecule has 2 N–H and O–H groups in total. The fourth-order valence-corrected chi connectivity index (χ4v) is 3.10. The summed E-state index contributed by atoms with van der Waals surface area (Å²) in [6.45, 7) is 1.96. The second kappa shape index (κ2) is 5.35. The highest BCUT2D eigenvalue weighted by atomic mass is 16.1. The van der Waals surface area contributed by atoms with Crippen molar-refractivity contribution in [1.29, 1.82) is 0 Å². The lowest BCUT2D eigenvalue weighted by molar-refractivity contribution is 0.901. The van der Waals surface area contributed by atoms with Crippen molar-refractivity contribution in [1.82, 2.24) is 35.0 Å². The molecule has 0 radical (unpaired) electrons. The van der Waals surface area contributed by atoms with Crippen LogP contribution in [0.15, 0.2) is 53.6 Å². The number of aromatic amines is 2. The molecule has 0 unspecified atom stereocenters. The number of aromatic nitrogens is 7. The van der Waals surface area contributed by atoms with Crippen molar-refractivity contribution in [2.75, 3.05) is 0 Å². The standard InChI is InChI=1S/C18H13N7O/c1-10-6-15-16(23-24-22-15)7-11(10)14-8-17(26)25-18(21-14)12(9-20-25)13-4-2-3-5-19-13/h2-9,20H,1H3,(H,22,23,24). The van der Waals surface area contributed by atoms with Gasteiger partial charge in [0.25, 0.3) is 5.56 Å². The lowest BCUT2D eigenvalue weighted by atomic mass is 10.0. The SMILES string of the molecule is Cc1cc2n[nH]nc2cc1-c1cc(=O)n2[nH]cc(-c3ccccn3)c2n1. The molecular weight excluding hydrogens is 330 g/mol. The van der Waals surface area contributed by atoms with Gasteiger partial charge in [0.1, 0.15) is 11.0 Å². The molecule has 0 aliphatic heterocycles. The highest BCUT2D eigenvalue weighted by molar-refractivity contribution is 5.83. The Morgan fingerprint density at radius 2 is 1.85 bits per heavy atom. The molecule has 0 bridgehead atoms. The molecule has 4 heterocycles. The predicted molar refractivity (Wildman–Crippen MR) is 96.7 cm³/mol. The summed E-state index contributed by atoms with van der Waals surface area (Å²) in [6.07, 6.45) is 3.45. The van der Waals surface area contributed by atoms with E-state index in [9.17, 15) is 4.79 Å². The maximum absolute atomic E-state index is 12.6. The average Bonchev–Trinajstić information content (AvgIpc) is 3.28. The van der Waals surface area contributed by atoms with Gasteiger partial charge in [-0.1, -0.05) is 6.07 Å². The molecule has 0 spiro atoms. The maximum Gasteiger partial charge on any atom is 0.273 e. The molecule has 8 nitrogen and oxygen atoms in total. The molecule has 26 heavy (non-hydrogen) atoms. The van der Waals surface area contributed by atoms with Crippen molar-refractivity contribution in [2.45, 2.75) is 6.92 Å². The molecule has 0 atom stereocenters. The zero-order valence-electron chi connectivity index (χ0n) is 13.8. The fraction of sp³-hybridized carbons (Fsp3) is 0.0556. The summed E-state index contributed by atoms with van der Waals surface area (Å²) in [5, 5.41) is 13.8. The third kappa shape index (κ3) is 2.12. The average molecular weight is 343 g/mol. The second-order valence-corrected chi connectivity index (χ2v) is 6.02. The Hall–Kier alpha value is -3.81. The van der Waals surface area contributed by atoms with Crippen LogP contribution in [0.2, 0.25) is 0 Å². The number of hydrogen-bond acceptors (Lipinski definition) is 5. The van der Waals surface area contributed by atoms with E-state index >= 15 is 0 Å². The number of H-pyrrole nitrogens is 2. The minimum atomic E-state index is -0.188. The van der Waals surface area contributed by atoms with Gasteiger partial charge < -0.3 is 0 Å². The molecule has 0 saturated heterocycles. The van der Waals surface area contributed by atoms with Crippen LogP contribution in [0.1, 0.15) is 5.56 Å². The van der Waals surface area contributed by atoms with Gasteiger partial charge in [-0.05, 0) is 36.8 Å². The van der Waals surface area contributed by atoms with Crippen LogP contribution >= 0.6 is 0 Å². The normalized spacial score (nSPS) is 11.4. The third-order valence-corrected chi connectivity index (χ3v) is 4.38. The number of nitrogens with one attached hydrogen (secondary N) is 2. The Morgan fingerprint density at radius 3 is 2.65 bits per heavy atom. The summed E-state index contributed by atoms with van der Waals surface area (Å²) in [4.78, 5) is 21.7. The highest BCUT2D eigenvalue weighted by Gasteiger charge is 2.14. The Morgan fingerprint density at radius 1 is 1.00 bits per heavy atom. The topological polar surface area (TPSA) is 105 Å². The summed E-state index contributed by atoms with van der Waals surface area (Å²) in [7, 11) is 0. The zero-order valence-corrected chi connectivity index (χ0v) is 13.8. The number of aryl methyl sites for hydroxylation is 1. The third-order valence-electron chi connectivity index (χ3n) is 4.38. The lowest BCUT2D eigenvalue weighted by Gasteiger charge is -2.06. The molecule has 1 aromatic carbocycles. The van der Waals surface area contributed by atoms with Crippen LogP contribution in [0.25, 0.3) is 39.2 Å². The molecule has 0 saturated carbocycles. The minimum Gasteiger partial charge on any atom is -0.296 e. The van der Waals surface area contributed by atoms with Crippen LogP contribution in [0, 0.1) is 6.92 Å². The van der Waals surface area contributed by atoms with E-state index in [1.807, 2.05) is 37.3 Å². The maximum atomic E-state index is 12.6. The van der Waals surface area contributed by atoms with Crippen molar-refractivity contribution in [3.63, 3.8) is 0 Å². The highest BCUT2D eigenvalue weighted by Crippen LogP contribution is 2.27. The molecule has 5 rings (SSSR count). The van der Waals surface area contributed by atoms with Gasteiger partial charge in [0, 0.05) is 24.0 Å². The number of nitrogens with zero attached hydrogens (tertiary/aromatic N) is 5. The monoisotopic (exact) mass is 343 g/mol. The number of hydrogen-bond donors (Lipinski definition) is 2. The van der Waals surface area contributed by atoms with Crippen LogP contribution in [0.3, 0.4) is 0 Å². The van der Waals surface area contributed by atoms with Crippen LogP contribution in [-0.4, -0.2) is 35.0 Å². The summed E-state index contributed by atoms with van der Waals surface area (Å²) in [6, 6.07) is 11.0. The van der Waals surface area contributed by atoms with Crippen molar-refractivity contribution in [3.05, 3.63) is 64.7 Å². The van der Waals surface area contributed by atoms with E-state index in [-0.39, 0.29) is 5.56 Å². The first-order chi connectivity index (χ1) is 12.7. The van der Waals surface area contributed by atoms with E-state index in [4.69, 9.17) is 4.98 Å². The summed E-state index contributed by atoms with van der Waals surface area (Å²) < 4.78 is 1.41. The van der Waals surface area contributed by atoms with Crippen molar-refractivity contribution in [2.24, 2.45) is 0 Å². The minimum absolute atomic E-state index is 0.188. The second-order valence-electron chi connectivity index (χ2n) is 6.02. The summed E-state index contributed by atoms with van der Waals surface area (Å²) >= 11 is 0. The van der Waals surface area contributed by atoms with Crippen LogP contribution in [0.4, 0.5) is 0 Å². The van der Waals surface area contributed by atoms with E-state index in [1.54, 1.807) is 12.4 Å². The zero-order chi connectivity index (χ0) is 17.7. The van der Waals surface area contributed by atoms with E-state index in [0.717, 1.165) is 33.4 Å². The molecular formula is C18H13N7O. The number of rotatable bonds is 2. The van der Waals surface area contributed by atoms with Gasteiger partial charge in [0.05, 0.1) is 17.0 Å². The van der Waals surface area contributed by atoms with Crippen molar-refractivity contribution < 1.29 is 0 Å². The molecule has 126 valence electrons. The Balaban J connectivity index is 1.78. The van der Waals surface area contributed by atoms with E-state index in [1.165, 1.54) is 10.6 Å². The summed E-state index contributed by atoms with van der Waals surface area (Å²) in [5.74, 6) is 0. The fourth-order valence-electron chi connectivity index (χ4n) is 3.10. The molecule has 4 aromatic heterocycles. The quantitative estimate of drug-likeness (QED) is 0.512. The van der Waals surface area contributed by atoms with Crippen molar-refractivity contribution >= 4 is 16.7 Å². The van der Waals surface area contributed by atoms with Crippen molar-refractivity contribution in [3.8, 4) is 22.5 Å². The Kier molecular flexibility index (Phi) is 2.99. The first-order valence-electron chi connectivity index (χ1n) is 8.05. The van der Waals surface area contributed by atoms with Gasteiger partial charge >= 0.3 is 0 Å². The molecule has 0 aliphatic carbocycles. The van der Waals surface area contributed by atoms with Crippen LogP contribution < -0.4 is 5.56 Å². The van der Waals surface area contributed by atoms with Gasteiger partial charge in [-0.3, -0.25) is 14.9 Å². The molecule has 0 fully saturated rings. The number of pyridine rings is 1. The largest absolute Gasteiger partial charge is 0.296 e.